The van der Waals surface area contributed by atoms with Gasteiger partial charge in [-0.05, 0) is 12.8 Å². The number of ether oxygens (including phenoxy) is 1. The van der Waals surface area contributed by atoms with E-state index in [4.69, 9.17) is 25.2 Å². The van der Waals surface area contributed by atoms with E-state index < -0.39 is 77.9 Å². The number of aryl methyl sites for hydroxylation is 1. The Bertz CT molecular complexity index is 1330. The van der Waals surface area contributed by atoms with Crippen molar-refractivity contribution in [1.82, 2.24) is 14.9 Å². The summed E-state index contributed by atoms with van der Waals surface area (Å²) in [5.41, 5.74) is 3.41. The van der Waals surface area contributed by atoms with Gasteiger partial charge in [0.2, 0.25) is 5.91 Å². The van der Waals surface area contributed by atoms with Gasteiger partial charge in [-0.15, -0.1) is 0 Å². The van der Waals surface area contributed by atoms with Crippen LogP contribution >= 0.6 is 23.5 Å². The Kier molecular flexibility index (Phi) is 11.8. The molecule has 228 valence electrons. The first kappa shape index (κ1) is 34.2. The predicted octanol–water partition coefficient (Wildman–Crippen LogP) is -2.56. The highest BCUT2D eigenvalue weighted by Gasteiger charge is 2.48. The number of carbonyl (C=O) groups is 2. The van der Waals surface area contributed by atoms with Crippen LogP contribution in [0, 0.1) is 0 Å². The van der Waals surface area contributed by atoms with E-state index in [9.17, 15) is 47.3 Å². The average Bonchev–Trinajstić information content (AvgIpc) is 3.07. The van der Waals surface area contributed by atoms with Crippen LogP contribution in [0.2, 0.25) is 0 Å². The number of hydrogen-bond acceptors (Lipinski definition) is 13. The first-order valence-corrected chi connectivity index (χ1v) is 15.4. The van der Waals surface area contributed by atoms with Gasteiger partial charge in [0.15, 0.2) is 12.4 Å². The van der Waals surface area contributed by atoms with Crippen molar-refractivity contribution < 1.29 is 70.2 Å². The summed E-state index contributed by atoms with van der Waals surface area (Å²) in [6.45, 7) is -1.17. The first-order chi connectivity index (χ1) is 18.4. The molecule has 7 atom stereocenters. The molecule has 0 radical (unpaired) electrons. The third kappa shape index (κ3) is 10.1. The van der Waals surface area contributed by atoms with E-state index in [0.717, 1.165) is 6.20 Å². The Hall–Kier alpha value is -1.96. The molecule has 0 spiro atoms. The van der Waals surface area contributed by atoms with Crippen molar-refractivity contribution in [3.8, 4) is 0 Å². The number of nitrogens with two attached hydrogens (primary N) is 1. The van der Waals surface area contributed by atoms with Gasteiger partial charge in [0.1, 0.15) is 18.5 Å². The normalized spacial score (nSPS) is 25.1. The van der Waals surface area contributed by atoms with Crippen LogP contribution in [0.25, 0.3) is 0 Å². The number of aliphatic hydroxyl groups excluding tert-OH is 1. The molecule has 0 saturated carbocycles. The molecule has 24 heteroatoms. The van der Waals surface area contributed by atoms with Crippen LogP contribution in [0.4, 0.5) is 4.39 Å². The molecule has 4 unspecified atom stereocenters. The summed E-state index contributed by atoms with van der Waals surface area (Å²) in [7, 11) is -17.1. The number of aldehydes is 1. The standard InChI is InChI=1S/C16H26FN4O16P3/c17-11-12(23)10(7-34-39(30,31)37-40(32,33)36-38(27,28)29)35-15(11)21-6-8(13(24)20-16(21)26)2-1-4-19-14(25)9(18)3-5-22/h5-6,9-12,15,23H,1-4,7,18H2,(H,19,25)(H,30,31)(H,32,33)(H,20,24,26)(H2,27,28,29)/t9-,10+,11?,12?,15+/m0/s1. The van der Waals surface area contributed by atoms with Crippen molar-refractivity contribution in [3.05, 3.63) is 32.6 Å². The van der Waals surface area contributed by atoms with Gasteiger partial charge in [-0.25, -0.2) is 22.9 Å². The number of H-pyrrole nitrogens is 1. The maximum Gasteiger partial charge on any atom is 0.490 e. The van der Waals surface area contributed by atoms with Crippen LogP contribution in [0.1, 0.15) is 24.6 Å². The molecular weight excluding hydrogens is 616 g/mol. The number of carbonyl (C=O) groups excluding carboxylic acids is 2. The van der Waals surface area contributed by atoms with E-state index in [2.05, 4.69) is 18.5 Å². The van der Waals surface area contributed by atoms with Crippen LogP contribution in [-0.2, 0) is 47.6 Å². The van der Waals surface area contributed by atoms with Crippen molar-refractivity contribution in [2.45, 2.75) is 49.9 Å². The van der Waals surface area contributed by atoms with Crippen LogP contribution in [0.5, 0.6) is 0 Å². The van der Waals surface area contributed by atoms with Gasteiger partial charge in [0.05, 0.1) is 12.6 Å². The number of nitrogens with one attached hydrogen (secondary N) is 2. The lowest BCUT2D eigenvalue weighted by Gasteiger charge is -2.19. The smallest absolute Gasteiger partial charge is 0.387 e. The molecule has 1 aromatic heterocycles. The van der Waals surface area contributed by atoms with Crippen LogP contribution in [0.3, 0.4) is 0 Å². The van der Waals surface area contributed by atoms with Gasteiger partial charge in [-0.2, -0.15) is 8.62 Å². The molecule has 1 fully saturated rings. The molecule has 0 aromatic carbocycles. The first-order valence-electron chi connectivity index (χ1n) is 10.9. The minimum atomic E-state index is -5.83. The molecule has 2 rings (SSSR count). The number of aliphatic hydroxyl groups is 1. The molecule has 40 heavy (non-hydrogen) atoms. The molecule has 20 nitrogen and oxygen atoms in total. The van der Waals surface area contributed by atoms with Gasteiger partial charge in [0.25, 0.3) is 5.56 Å². The fourth-order valence-electron chi connectivity index (χ4n) is 3.26. The van der Waals surface area contributed by atoms with Crippen molar-refractivity contribution >= 4 is 35.7 Å². The number of hydrogen-bond donors (Lipinski definition) is 8. The number of aromatic amines is 1. The molecule has 1 saturated heterocycles. The second-order valence-electron chi connectivity index (χ2n) is 8.11. The SMILES string of the molecule is N[C@@H](CC=O)C(=O)NCCCc1cn([C@@H]2O[C@H](COP(=O)(O)OP(=O)(O)OP(=O)(O)O)C(O)C2F)c(=O)[nH]c1=O. The highest BCUT2D eigenvalue weighted by molar-refractivity contribution is 7.66. The lowest BCUT2D eigenvalue weighted by Crippen LogP contribution is -2.41. The predicted molar refractivity (Wildman–Crippen MR) is 126 cm³/mol. The summed E-state index contributed by atoms with van der Waals surface area (Å²) in [6, 6.07) is -1.06. The topological polar surface area (TPSA) is 316 Å². The highest BCUT2D eigenvalue weighted by atomic mass is 31.3. The second-order valence-corrected chi connectivity index (χ2v) is 12.5. The lowest BCUT2D eigenvalue weighted by molar-refractivity contribution is -0.123. The molecule has 1 aliphatic heterocycles. The zero-order chi connectivity index (χ0) is 30.5. The highest BCUT2D eigenvalue weighted by Crippen LogP contribution is 2.66. The molecule has 0 bridgehead atoms. The molecule has 1 aliphatic rings. The molecule has 9 N–H and O–H groups in total. The maximum atomic E-state index is 14.8. The number of halogens is 1. The number of amides is 1. The van der Waals surface area contributed by atoms with Crippen LogP contribution < -0.4 is 22.3 Å². The fraction of sp³-hybridized carbons (Fsp3) is 0.625. The number of nitrogens with zero attached hydrogens (tertiary/aromatic N) is 1. The third-order valence-electron chi connectivity index (χ3n) is 5.04. The number of phosphoric ester groups is 1. The monoisotopic (exact) mass is 642 g/mol. The quantitative estimate of drug-likeness (QED) is 0.0554. The zero-order valence-corrected chi connectivity index (χ0v) is 22.7. The van der Waals surface area contributed by atoms with Crippen LogP contribution in [0.15, 0.2) is 15.8 Å². The number of alkyl halides is 1. The Morgan fingerprint density at radius 3 is 2.48 bits per heavy atom. The van der Waals surface area contributed by atoms with Gasteiger partial charge >= 0.3 is 29.2 Å². The maximum absolute atomic E-state index is 14.8. The van der Waals surface area contributed by atoms with Crippen molar-refractivity contribution in [2.24, 2.45) is 5.73 Å². The number of phosphoric acid groups is 3. The zero-order valence-electron chi connectivity index (χ0n) is 20.0. The summed E-state index contributed by atoms with van der Waals surface area (Å²) in [6.07, 6.45) is -6.86. The van der Waals surface area contributed by atoms with E-state index in [1.165, 1.54) is 0 Å². The minimum Gasteiger partial charge on any atom is -0.387 e. The largest absolute Gasteiger partial charge is 0.490 e. The van der Waals surface area contributed by atoms with Gasteiger partial charge in [-0.3, -0.25) is 23.7 Å². The van der Waals surface area contributed by atoms with E-state index >= 15 is 0 Å². The molecule has 0 aliphatic carbocycles. The Labute approximate surface area is 222 Å². The van der Waals surface area contributed by atoms with E-state index in [0.29, 0.717) is 10.9 Å². The lowest BCUT2D eigenvalue weighted by atomic mass is 10.1. The molecular formula is C16H26FN4O16P3. The van der Waals surface area contributed by atoms with Crippen molar-refractivity contribution in [1.29, 1.82) is 0 Å². The summed E-state index contributed by atoms with van der Waals surface area (Å²) < 4.78 is 65.9. The summed E-state index contributed by atoms with van der Waals surface area (Å²) >= 11 is 0. The molecule has 2 heterocycles. The Balaban J connectivity index is 2.06. The Morgan fingerprint density at radius 2 is 1.88 bits per heavy atom. The van der Waals surface area contributed by atoms with Crippen LogP contribution in [-0.4, -0.2) is 84.0 Å². The summed E-state index contributed by atoms with van der Waals surface area (Å²) in [5, 5.41) is 12.6. The summed E-state index contributed by atoms with van der Waals surface area (Å²) in [4.78, 5) is 84.2. The number of rotatable bonds is 15. The van der Waals surface area contributed by atoms with E-state index in [1.807, 2.05) is 4.98 Å². The third-order valence-corrected chi connectivity index (χ3v) is 8.84. The number of aromatic nitrogens is 2. The van der Waals surface area contributed by atoms with Gasteiger partial charge in [-0.1, -0.05) is 0 Å². The van der Waals surface area contributed by atoms with Gasteiger partial charge in [0, 0.05) is 24.7 Å². The average molecular weight is 642 g/mol. The Morgan fingerprint density at radius 1 is 1.23 bits per heavy atom. The van der Waals surface area contributed by atoms with Crippen molar-refractivity contribution in [3.63, 3.8) is 0 Å². The van der Waals surface area contributed by atoms with E-state index in [-0.39, 0.29) is 31.4 Å². The molecule has 1 amide bonds. The fourth-order valence-corrected chi connectivity index (χ4v) is 6.29. The minimum absolute atomic E-state index is 0.0248. The van der Waals surface area contributed by atoms with Crippen molar-refractivity contribution in [2.75, 3.05) is 13.2 Å². The summed E-state index contributed by atoms with van der Waals surface area (Å²) in [5.74, 6) is -0.609. The second kappa shape index (κ2) is 13.8. The van der Waals surface area contributed by atoms with E-state index in [1.54, 1.807) is 0 Å². The molecule has 1 aromatic rings. The van der Waals surface area contributed by atoms with Gasteiger partial charge < -0.3 is 45.3 Å².